The number of aliphatic hydroxyl groups is 1. The molecule has 2 N–H and O–H groups in total. The van der Waals surface area contributed by atoms with Gasteiger partial charge in [0.25, 0.3) is 0 Å². The Hall–Kier alpha value is -0.900. The van der Waals surface area contributed by atoms with E-state index in [1.807, 2.05) is 25.1 Å². The lowest BCUT2D eigenvalue weighted by Gasteiger charge is -2.25. The maximum absolute atomic E-state index is 9.89. The fourth-order valence-electron chi connectivity index (χ4n) is 2.15. The van der Waals surface area contributed by atoms with Gasteiger partial charge in [-0.2, -0.15) is 0 Å². The summed E-state index contributed by atoms with van der Waals surface area (Å²) in [6.07, 6.45) is -0.329. The summed E-state index contributed by atoms with van der Waals surface area (Å²) in [5.74, 6) is 0.499. The van der Waals surface area contributed by atoms with Gasteiger partial charge in [0.1, 0.15) is 0 Å². The van der Waals surface area contributed by atoms with Gasteiger partial charge in [0.15, 0.2) is 0 Å². The van der Waals surface area contributed by atoms with Crippen LogP contribution in [0.4, 0.5) is 0 Å². The van der Waals surface area contributed by atoms with Gasteiger partial charge in [-0.25, -0.2) is 0 Å². The van der Waals surface area contributed by atoms with Crippen molar-refractivity contribution in [3.63, 3.8) is 0 Å². The van der Waals surface area contributed by atoms with E-state index >= 15 is 0 Å². The number of nitrogens with zero attached hydrogens (tertiary/aromatic N) is 1. The van der Waals surface area contributed by atoms with Crippen molar-refractivity contribution in [2.24, 2.45) is 5.92 Å². The monoisotopic (exact) mass is 250 g/mol. The Balaban J connectivity index is 2.55. The lowest BCUT2D eigenvalue weighted by Crippen LogP contribution is -2.38. The lowest BCUT2D eigenvalue weighted by atomic mass is 9.96. The van der Waals surface area contributed by atoms with Crippen LogP contribution in [0.15, 0.2) is 30.3 Å². The summed E-state index contributed by atoms with van der Waals surface area (Å²) in [6, 6.07) is 10.7. The first-order chi connectivity index (χ1) is 8.50. The number of likely N-dealkylation sites (N-methyl/N-ethyl adjacent to an activating group) is 1. The highest BCUT2D eigenvalue weighted by molar-refractivity contribution is 5.19. The van der Waals surface area contributed by atoms with Crippen LogP contribution in [0.25, 0.3) is 0 Å². The molecule has 3 nitrogen and oxygen atoms in total. The molecule has 0 amide bonds. The molecule has 2 unspecified atom stereocenters. The summed E-state index contributed by atoms with van der Waals surface area (Å²) in [6.45, 7) is 5.70. The Kier molecular flexibility index (Phi) is 6.33. The maximum atomic E-state index is 9.89. The van der Waals surface area contributed by atoms with Gasteiger partial charge >= 0.3 is 0 Å². The predicted octanol–water partition coefficient (Wildman–Crippen LogP) is 1.90. The molecule has 0 fully saturated rings. The number of aliphatic hydroxyl groups excluding tert-OH is 1. The van der Waals surface area contributed by atoms with Crippen molar-refractivity contribution in [2.45, 2.75) is 26.0 Å². The molecule has 0 bridgehead atoms. The second-order valence-electron chi connectivity index (χ2n) is 5.46. The van der Waals surface area contributed by atoms with Crippen molar-refractivity contribution in [1.29, 1.82) is 0 Å². The average molecular weight is 250 g/mol. The van der Waals surface area contributed by atoms with Crippen LogP contribution in [-0.2, 0) is 0 Å². The van der Waals surface area contributed by atoms with Crippen LogP contribution in [0.3, 0.4) is 0 Å². The Bertz CT molecular complexity index is 325. The summed E-state index contributed by atoms with van der Waals surface area (Å²) in [7, 11) is 3.95. The second kappa shape index (κ2) is 7.52. The lowest BCUT2D eigenvalue weighted by molar-refractivity contribution is 0.129. The van der Waals surface area contributed by atoms with E-state index in [1.54, 1.807) is 0 Å². The Labute approximate surface area is 111 Å². The molecule has 2 atom stereocenters. The molecule has 0 aliphatic carbocycles. The van der Waals surface area contributed by atoms with E-state index in [9.17, 15) is 5.11 Å². The summed E-state index contributed by atoms with van der Waals surface area (Å²) in [5.41, 5.74) is 1.28. The number of rotatable bonds is 7. The standard InChI is InChI=1S/C15H26N2O/c1-12(2)15(13-8-6-5-7-9-13)16-10-14(18)11-17(3)4/h5-9,12,14-16,18H,10-11H2,1-4H3. The van der Waals surface area contributed by atoms with E-state index in [-0.39, 0.29) is 6.10 Å². The fourth-order valence-corrected chi connectivity index (χ4v) is 2.15. The quantitative estimate of drug-likeness (QED) is 0.776. The first-order valence-electron chi connectivity index (χ1n) is 6.61. The summed E-state index contributed by atoms with van der Waals surface area (Å²) in [5, 5.41) is 13.4. The first-order valence-corrected chi connectivity index (χ1v) is 6.61. The third kappa shape index (κ3) is 5.17. The molecule has 0 spiro atoms. The Morgan fingerprint density at radius 3 is 2.28 bits per heavy atom. The van der Waals surface area contributed by atoms with Crippen molar-refractivity contribution in [1.82, 2.24) is 10.2 Å². The van der Waals surface area contributed by atoms with Crippen LogP contribution >= 0.6 is 0 Å². The minimum atomic E-state index is -0.329. The van der Waals surface area contributed by atoms with E-state index in [4.69, 9.17) is 0 Å². The zero-order chi connectivity index (χ0) is 13.5. The number of nitrogens with one attached hydrogen (secondary N) is 1. The smallest absolute Gasteiger partial charge is 0.0791 e. The highest BCUT2D eigenvalue weighted by atomic mass is 16.3. The van der Waals surface area contributed by atoms with Crippen molar-refractivity contribution >= 4 is 0 Å². The largest absolute Gasteiger partial charge is 0.390 e. The van der Waals surface area contributed by atoms with Crippen LogP contribution in [-0.4, -0.2) is 43.3 Å². The molecular weight excluding hydrogens is 224 g/mol. The number of hydrogen-bond acceptors (Lipinski definition) is 3. The maximum Gasteiger partial charge on any atom is 0.0791 e. The number of hydrogen-bond donors (Lipinski definition) is 2. The van der Waals surface area contributed by atoms with E-state index in [0.29, 0.717) is 25.0 Å². The van der Waals surface area contributed by atoms with Crippen LogP contribution in [0.5, 0.6) is 0 Å². The van der Waals surface area contributed by atoms with E-state index in [1.165, 1.54) is 5.56 Å². The highest BCUT2D eigenvalue weighted by Gasteiger charge is 2.16. The molecule has 0 aliphatic heterocycles. The Morgan fingerprint density at radius 2 is 1.78 bits per heavy atom. The normalized spacial score (nSPS) is 15.1. The summed E-state index contributed by atoms with van der Waals surface area (Å²) in [4.78, 5) is 2.00. The van der Waals surface area contributed by atoms with Crippen molar-refractivity contribution in [3.8, 4) is 0 Å². The molecule has 1 rings (SSSR count). The van der Waals surface area contributed by atoms with Gasteiger partial charge < -0.3 is 15.3 Å². The zero-order valence-electron chi connectivity index (χ0n) is 11.9. The van der Waals surface area contributed by atoms with Gasteiger partial charge in [0, 0.05) is 19.1 Å². The van der Waals surface area contributed by atoms with Gasteiger partial charge in [0.05, 0.1) is 6.10 Å². The van der Waals surface area contributed by atoms with Gasteiger partial charge in [-0.05, 0) is 25.6 Å². The molecule has 1 aromatic carbocycles. The van der Waals surface area contributed by atoms with Crippen molar-refractivity contribution in [3.05, 3.63) is 35.9 Å². The van der Waals surface area contributed by atoms with Crippen molar-refractivity contribution in [2.75, 3.05) is 27.2 Å². The molecule has 0 aromatic heterocycles. The molecule has 3 heteroatoms. The first kappa shape index (κ1) is 15.2. The van der Waals surface area contributed by atoms with Crippen LogP contribution in [0, 0.1) is 5.92 Å². The van der Waals surface area contributed by atoms with Gasteiger partial charge in [-0.3, -0.25) is 0 Å². The van der Waals surface area contributed by atoms with Crippen molar-refractivity contribution < 1.29 is 5.11 Å². The minimum absolute atomic E-state index is 0.294. The Morgan fingerprint density at radius 1 is 1.17 bits per heavy atom. The average Bonchev–Trinajstić information content (AvgIpc) is 2.29. The molecule has 0 saturated carbocycles. The van der Waals surface area contributed by atoms with Gasteiger partial charge in [0.2, 0.25) is 0 Å². The van der Waals surface area contributed by atoms with E-state index in [0.717, 1.165) is 0 Å². The molecule has 18 heavy (non-hydrogen) atoms. The van der Waals surface area contributed by atoms with Crippen LogP contribution in [0.2, 0.25) is 0 Å². The molecule has 0 heterocycles. The summed E-state index contributed by atoms with van der Waals surface area (Å²) < 4.78 is 0. The van der Waals surface area contributed by atoms with Gasteiger partial charge in [-0.1, -0.05) is 44.2 Å². The third-order valence-electron chi connectivity index (χ3n) is 2.97. The van der Waals surface area contributed by atoms with Gasteiger partial charge in [-0.15, -0.1) is 0 Å². The molecular formula is C15H26N2O. The zero-order valence-corrected chi connectivity index (χ0v) is 11.9. The SMILES string of the molecule is CC(C)C(NCC(O)CN(C)C)c1ccccc1. The molecule has 1 aromatic rings. The summed E-state index contributed by atoms with van der Waals surface area (Å²) >= 11 is 0. The topological polar surface area (TPSA) is 35.5 Å². The second-order valence-corrected chi connectivity index (χ2v) is 5.46. The molecule has 102 valence electrons. The van der Waals surface area contributed by atoms with E-state index < -0.39 is 0 Å². The van der Waals surface area contributed by atoms with E-state index in [2.05, 4.69) is 43.4 Å². The molecule has 0 saturated heterocycles. The minimum Gasteiger partial charge on any atom is -0.390 e. The molecule has 0 radical (unpaired) electrons. The third-order valence-corrected chi connectivity index (χ3v) is 2.97. The predicted molar refractivity (Wildman–Crippen MR) is 76.6 cm³/mol. The number of benzene rings is 1. The van der Waals surface area contributed by atoms with Crippen LogP contribution < -0.4 is 5.32 Å². The van der Waals surface area contributed by atoms with Crippen LogP contribution in [0.1, 0.15) is 25.5 Å². The molecule has 0 aliphatic rings. The highest BCUT2D eigenvalue weighted by Crippen LogP contribution is 2.20. The fraction of sp³-hybridized carbons (Fsp3) is 0.600.